The first-order chi connectivity index (χ1) is 12.9. The Balaban J connectivity index is 1.70. The minimum absolute atomic E-state index is 0.0585. The SMILES string of the molecule is CN1CCN(C2(CNC(=O)[C@@H](c3ccccc3F)N(C)C)CCCC2)CC1. The molecular weight excluding hydrogens is 343 g/mol. The van der Waals surface area contributed by atoms with Crippen molar-refractivity contribution in [3.8, 4) is 0 Å². The highest BCUT2D eigenvalue weighted by Crippen LogP contribution is 2.35. The molecule has 2 fully saturated rings. The first-order valence-electron chi connectivity index (χ1n) is 10.1. The molecule has 0 aromatic heterocycles. The fourth-order valence-electron chi connectivity index (χ4n) is 4.62. The third-order valence-electron chi connectivity index (χ3n) is 6.26. The number of piperazine rings is 1. The Labute approximate surface area is 162 Å². The molecule has 1 saturated carbocycles. The molecule has 6 heteroatoms. The highest BCUT2D eigenvalue weighted by atomic mass is 19.1. The molecule has 1 atom stereocenters. The molecule has 0 radical (unpaired) electrons. The van der Waals surface area contributed by atoms with Crippen molar-refractivity contribution in [2.75, 3.05) is 53.9 Å². The quantitative estimate of drug-likeness (QED) is 0.825. The molecule has 5 nitrogen and oxygen atoms in total. The second-order valence-corrected chi connectivity index (χ2v) is 8.33. The highest BCUT2D eigenvalue weighted by molar-refractivity contribution is 5.83. The normalized spacial score (nSPS) is 22.1. The van der Waals surface area contributed by atoms with Gasteiger partial charge in [-0.2, -0.15) is 0 Å². The van der Waals surface area contributed by atoms with Crippen LogP contribution in [0.1, 0.15) is 37.3 Å². The molecule has 1 heterocycles. The molecule has 1 aliphatic carbocycles. The second kappa shape index (κ2) is 8.67. The third kappa shape index (κ3) is 4.50. The highest BCUT2D eigenvalue weighted by Gasteiger charge is 2.41. The van der Waals surface area contributed by atoms with E-state index < -0.39 is 6.04 Å². The largest absolute Gasteiger partial charge is 0.353 e. The van der Waals surface area contributed by atoms with Crippen LogP contribution < -0.4 is 5.32 Å². The summed E-state index contributed by atoms with van der Waals surface area (Å²) < 4.78 is 14.3. The van der Waals surface area contributed by atoms with Crippen LogP contribution in [0.2, 0.25) is 0 Å². The summed E-state index contributed by atoms with van der Waals surface area (Å²) in [5.41, 5.74) is 0.489. The van der Waals surface area contributed by atoms with Gasteiger partial charge in [0, 0.05) is 43.8 Å². The number of nitrogens with zero attached hydrogens (tertiary/aromatic N) is 3. The summed E-state index contributed by atoms with van der Waals surface area (Å²) in [4.78, 5) is 19.7. The predicted molar refractivity (Wildman–Crippen MR) is 106 cm³/mol. The number of amides is 1. The van der Waals surface area contributed by atoms with E-state index in [-0.39, 0.29) is 17.3 Å². The molecule has 3 rings (SSSR count). The van der Waals surface area contributed by atoms with Crippen molar-refractivity contribution in [3.63, 3.8) is 0 Å². The van der Waals surface area contributed by atoms with Gasteiger partial charge in [-0.05, 0) is 40.1 Å². The maximum atomic E-state index is 14.3. The Morgan fingerprint density at radius 1 is 1.19 bits per heavy atom. The number of likely N-dealkylation sites (N-methyl/N-ethyl adjacent to an activating group) is 2. The zero-order valence-electron chi connectivity index (χ0n) is 16.9. The average molecular weight is 377 g/mol. The first-order valence-corrected chi connectivity index (χ1v) is 10.1. The van der Waals surface area contributed by atoms with Crippen LogP contribution in [0.5, 0.6) is 0 Å². The zero-order chi connectivity index (χ0) is 19.4. The lowest BCUT2D eigenvalue weighted by molar-refractivity contribution is -0.126. The number of nitrogens with one attached hydrogen (secondary N) is 1. The van der Waals surface area contributed by atoms with Crippen molar-refractivity contribution in [2.24, 2.45) is 0 Å². The predicted octanol–water partition coefficient (Wildman–Crippen LogP) is 2.10. The van der Waals surface area contributed by atoms with E-state index in [4.69, 9.17) is 0 Å². The van der Waals surface area contributed by atoms with Gasteiger partial charge in [0.05, 0.1) is 0 Å². The van der Waals surface area contributed by atoms with Crippen molar-refractivity contribution >= 4 is 5.91 Å². The van der Waals surface area contributed by atoms with Gasteiger partial charge in [0.1, 0.15) is 11.9 Å². The van der Waals surface area contributed by atoms with Crippen LogP contribution in [-0.2, 0) is 4.79 Å². The monoisotopic (exact) mass is 376 g/mol. The van der Waals surface area contributed by atoms with Crippen LogP contribution in [0.3, 0.4) is 0 Å². The fraction of sp³-hybridized carbons (Fsp3) is 0.667. The summed E-state index contributed by atoms with van der Waals surface area (Å²) >= 11 is 0. The van der Waals surface area contributed by atoms with Crippen molar-refractivity contribution in [3.05, 3.63) is 35.6 Å². The van der Waals surface area contributed by atoms with Crippen LogP contribution in [-0.4, -0.2) is 80.0 Å². The molecular formula is C21H33FN4O. The maximum absolute atomic E-state index is 14.3. The standard InChI is InChI=1S/C21H33FN4O/c1-24(2)19(17-8-4-5-9-18(17)22)20(27)23-16-21(10-6-7-11-21)26-14-12-25(3)13-15-26/h4-5,8-9,19H,6-7,10-16H2,1-3H3,(H,23,27)/t19-/m1/s1. The molecule has 1 amide bonds. The molecule has 1 aliphatic heterocycles. The molecule has 0 unspecified atom stereocenters. The number of carbonyl (C=O) groups excluding carboxylic acids is 1. The number of hydrogen-bond donors (Lipinski definition) is 1. The van der Waals surface area contributed by atoms with E-state index >= 15 is 0 Å². The Kier molecular flexibility index (Phi) is 6.50. The van der Waals surface area contributed by atoms with Gasteiger partial charge < -0.3 is 10.2 Å². The maximum Gasteiger partial charge on any atom is 0.242 e. The lowest BCUT2D eigenvalue weighted by Crippen LogP contribution is -2.60. The van der Waals surface area contributed by atoms with Crippen LogP contribution in [0, 0.1) is 5.82 Å². The number of rotatable bonds is 6. The van der Waals surface area contributed by atoms with Gasteiger partial charge in [-0.25, -0.2) is 4.39 Å². The summed E-state index contributed by atoms with van der Waals surface area (Å²) in [6.45, 7) is 4.90. The van der Waals surface area contributed by atoms with E-state index in [1.165, 1.54) is 18.9 Å². The number of benzene rings is 1. The van der Waals surface area contributed by atoms with Crippen LogP contribution in [0.4, 0.5) is 4.39 Å². The summed E-state index contributed by atoms with van der Waals surface area (Å²) in [5.74, 6) is -0.452. The molecule has 0 bridgehead atoms. The van der Waals surface area contributed by atoms with Gasteiger partial charge in [-0.3, -0.25) is 14.6 Å². The second-order valence-electron chi connectivity index (χ2n) is 8.33. The summed E-state index contributed by atoms with van der Waals surface area (Å²) in [7, 11) is 5.81. The molecule has 1 aromatic carbocycles. The van der Waals surface area contributed by atoms with Crippen molar-refractivity contribution < 1.29 is 9.18 Å². The van der Waals surface area contributed by atoms with E-state index in [0.29, 0.717) is 12.1 Å². The molecule has 150 valence electrons. The fourth-order valence-corrected chi connectivity index (χ4v) is 4.62. The van der Waals surface area contributed by atoms with Gasteiger partial charge in [0.2, 0.25) is 5.91 Å². The van der Waals surface area contributed by atoms with E-state index in [0.717, 1.165) is 39.0 Å². The van der Waals surface area contributed by atoms with E-state index in [2.05, 4.69) is 22.2 Å². The Morgan fingerprint density at radius 3 is 2.41 bits per heavy atom. The van der Waals surface area contributed by atoms with E-state index in [9.17, 15) is 9.18 Å². The minimum Gasteiger partial charge on any atom is -0.353 e. The molecule has 0 spiro atoms. The van der Waals surface area contributed by atoms with E-state index in [1.54, 1.807) is 23.1 Å². The smallest absolute Gasteiger partial charge is 0.242 e. The molecule has 27 heavy (non-hydrogen) atoms. The van der Waals surface area contributed by atoms with Crippen LogP contribution in [0.25, 0.3) is 0 Å². The van der Waals surface area contributed by atoms with Crippen molar-refractivity contribution in [1.29, 1.82) is 0 Å². The van der Waals surface area contributed by atoms with Gasteiger partial charge in [0.25, 0.3) is 0 Å². The zero-order valence-corrected chi connectivity index (χ0v) is 16.9. The molecule has 1 aromatic rings. The van der Waals surface area contributed by atoms with Gasteiger partial charge in [-0.15, -0.1) is 0 Å². The molecule has 1 saturated heterocycles. The lowest BCUT2D eigenvalue weighted by Gasteiger charge is -2.45. The van der Waals surface area contributed by atoms with Crippen molar-refractivity contribution in [2.45, 2.75) is 37.3 Å². The Bertz CT molecular complexity index is 637. The Morgan fingerprint density at radius 2 is 1.81 bits per heavy atom. The van der Waals surface area contributed by atoms with Gasteiger partial charge in [0.15, 0.2) is 0 Å². The van der Waals surface area contributed by atoms with E-state index in [1.807, 2.05) is 14.1 Å². The number of carbonyl (C=O) groups is 1. The third-order valence-corrected chi connectivity index (χ3v) is 6.26. The summed E-state index contributed by atoms with van der Waals surface area (Å²) in [6.07, 6.45) is 4.69. The lowest BCUT2D eigenvalue weighted by atomic mass is 9.93. The minimum atomic E-state index is -0.614. The number of halogens is 1. The molecule has 1 N–H and O–H groups in total. The summed E-state index contributed by atoms with van der Waals surface area (Å²) in [5, 5.41) is 3.18. The Hall–Kier alpha value is -1.50. The van der Waals surface area contributed by atoms with Gasteiger partial charge in [-0.1, -0.05) is 31.0 Å². The summed E-state index contributed by atoms with van der Waals surface area (Å²) in [6, 6.07) is 5.94. The topological polar surface area (TPSA) is 38.8 Å². The number of hydrogen-bond acceptors (Lipinski definition) is 4. The van der Waals surface area contributed by atoms with Gasteiger partial charge >= 0.3 is 0 Å². The molecule has 2 aliphatic rings. The van der Waals surface area contributed by atoms with Crippen LogP contribution >= 0.6 is 0 Å². The van der Waals surface area contributed by atoms with Crippen LogP contribution in [0.15, 0.2) is 24.3 Å². The van der Waals surface area contributed by atoms with Crippen molar-refractivity contribution in [1.82, 2.24) is 20.0 Å². The first kappa shape index (κ1) is 20.2. The average Bonchev–Trinajstić information content (AvgIpc) is 3.12.